The highest BCUT2D eigenvalue weighted by Gasteiger charge is 2.74. The highest BCUT2D eigenvalue weighted by Crippen LogP contribution is 2.45. The van der Waals surface area contributed by atoms with Gasteiger partial charge in [0.05, 0.1) is 0 Å². The van der Waals surface area contributed by atoms with Crippen molar-refractivity contribution in [2.45, 2.75) is 49.9 Å². The minimum absolute atomic E-state index is 0.505. The molecule has 0 aliphatic heterocycles. The summed E-state index contributed by atoms with van der Waals surface area (Å²) in [6.07, 6.45) is -25.3. The zero-order valence-electron chi connectivity index (χ0n) is 15.4. The second-order valence-electron chi connectivity index (χ2n) is 5.70. The Morgan fingerprint density at radius 1 is 0.750 bits per heavy atom. The average molecular weight is 504 g/mol. The second-order valence-corrected chi connectivity index (χ2v) is 5.70. The molecule has 6 nitrogen and oxygen atoms in total. The smallest absolute Gasteiger partial charge is 0.465 e. The van der Waals surface area contributed by atoms with Crippen LogP contribution in [0.25, 0.3) is 0 Å². The maximum absolute atomic E-state index is 12.0. The molecule has 32 heavy (non-hydrogen) atoms. The Kier molecular flexibility index (Phi) is 9.46. The van der Waals surface area contributed by atoms with E-state index in [2.05, 4.69) is 11.3 Å². The zero-order valence-corrected chi connectivity index (χ0v) is 15.4. The van der Waals surface area contributed by atoms with Crippen LogP contribution in [0.15, 0.2) is 23.8 Å². The van der Waals surface area contributed by atoms with Crippen molar-refractivity contribution in [3.8, 4) is 0 Å². The van der Waals surface area contributed by atoms with Crippen LogP contribution < -0.4 is 0 Å². The molecular weight excluding hydrogens is 492 g/mol. The second kappa shape index (κ2) is 9.55. The highest BCUT2D eigenvalue weighted by molar-refractivity contribution is 5.87. The Morgan fingerprint density at radius 2 is 1.06 bits per heavy atom. The van der Waals surface area contributed by atoms with E-state index in [4.69, 9.17) is 15.3 Å². The van der Waals surface area contributed by atoms with Crippen LogP contribution in [-0.4, -0.2) is 63.4 Å². The fourth-order valence-electron chi connectivity index (χ4n) is 1.20. The van der Waals surface area contributed by atoms with Crippen molar-refractivity contribution < 1.29 is 82.3 Å². The fraction of sp³-hybridized carbons (Fsp3) is 0.571. The minimum Gasteiger partial charge on any atom is -0.478 e. The Morgan fingerprint density at radius 3 is 1.25 bits per heavy atom. The number of hydrogen-bond acceptors (Lipinski definition) is 5. The first-order chi connectivity index (χ1) is 13.7. The largest absolute Gasteiger partial charge is 0.478 e. The molecule has 0 bridgehead atoms. The van der Waals surface area contributed by atoms with Gasteiger partial charge in [-0.2, -0.15) is 52.7 Å². The Balaban J connectivity index is 0. The first-order valence-electron chi connectivity index (χ1n) is 7.19. The van der Waals surface area contributed by atoms with Gasteiger partial charge in [-0.1, -0.05) is 6.58 Å². The summed E-state index contributed by atoms with van der Waals surface area (Å²) < 4.78 is 147. The first kappa shape index (κ1) is 31.7. The van der Waals surface area contributed by atoms with Crippen molar-refractivity contribution in [1.29, 1.82) is 0 Å². The molecule has 188 valence electrons. The third-order valence-corrected chi connectivity index (χ3v) is 2.98. The summed E-state index contributed by atoms with van der Waals surface area (Å²) >= 11 is 0. The third kappa shape index (κ3) is 7.28. The Labute approximate surface area is 169 Å². The van der Waals surface area contributed by atoms with Crippen molar-refractivity contribution >= 4 is 11.9 Å². The van der Waals surface area contributed by atoms with Gasteiger partial charge in [0.1, 0.15) is 0 Å². The van der Waals surface area contributed by atoms with Gasteiger partial charge in [0.2, 0.25) is 0 Å². The summed E-state index contributed by atoms with van der Waals surface area (Å²) in [5.74, 6) is -9.53. The summed E-state index contributed by atoms with van der Waals surface area (Å²) in [6, 6.07) is 0. The predicted molar refractivity (Wildman–Crippen MR) is 76.4 cm³/mol. The maximum Gasteiger partial charge on any atom is 0.465 e. The molecule has 0 spiro atoms. The lowest BCUT2D eigenvalue weighted by molar-refractivity contribution is -0.443. The molecule has 0 radical (unpaired) electrons. The number of halogens is 12. The van der Waals surface area contributed by atoms with E-state index in [-0.39, 0.29) is 0 Å². The van der Waals surface area contributed by atoms with E-state index in [1.807, 2.05) is 0 Å². The van der Waals surface area contributed by atoms with Crippen LogP contribution in [0.5, 0.6) is 0 Å². The molecule has 0 saturated carbocycles. The molecule has 0 aromatic carbocycles. The van der Waals surface area contributed by atoms with Crippen LogP contribution in [0.2, 0.25) is 0 Å². The predicted octanol–water partition coefficient (Wildman–Crippen LogP) is 3.79. The number of hydrogen-bond donors (Lipinski definition) is 3. The summed E-state index contributed by atoms with van der Waals surface area (Å²) in [5.41, 5.74) is -7.15. The molecule has 0 aliphatic carbocycles. The number of carboxylic acid groups (broad SMARTS) is 1. The number of esters is 1. The molecule has 0 atom stereocenters. The highest BCUT2D eigenvalue weighted by atomic mass is 19.4. The summed E-state index contributed by atoms with van der Waals surface area (Å²) in [7, 11) is 0. The van der Waals surface area contributed by atoms with Crippen LogP contribution in [0.4, 0.5) is 52.7 Å². The number of carboxylic acids is 1. The minimum atomic E-state index is -6.20. The van der Waals surface area contributed by atoms with Gasteiger partial charge in [-0.05, 0) is 19.9 Å². The lowest BCUT2D eigenvalue weighted by atomic mass is 9.99. The molecule has 0 heterocycles. The summed E-state index contributed by atoms with van der Waals surface area (Å²) in [6.45, 7) is 4.12. The van der Waals surface area contributed by atoms with Gasteiger partial charge in [-0.25, -0.2) is 9.59 Å². The zero-order chi connectivity index (χ0) is 26.7. The van der Waals surface area contributed by atoms with E-state index in [1.54, 1.807) is 0 Å². The van der Waals surface area contributed by atoms with Crippen molar-refractivity contribution in [1.82, 2.24) is 0 Å². The Hall–Kier alpha value is -2.50. The van der Waals surface area contributed by atoms with Gasteiger partial charge in [0, 0.05) is 11.1 Å². The number of aliphatic hydroxyl groups is 2. The van der Waals surface area contributed by atoms with Crippen molar-refractivity contribution in [2.75, 3.05) is 0 Å². The molecule has 0 aromatic rings. The van der Waals surface area contributed by atoms with Crippen LogP contribution in [0.3, 0.4) is 0 Å². The normalized spacial score (nSPS) is 14.3. The standard InChI is InChI=1S/2C7H6F6O3/c1-3(2)4(14)16-5(15,6(8,9)10)7(11,12)13;1-3(4(14)15)2-5(16,6(8,9)10)7(11,12)13/h15H,1H2,2H3;2,16H,1H3,(H,14,15). The molecular formula is C14H12F12O6. The first-order valence-corrected chi connectivity index (χ1v) is 7.19. The molecule has 0 saturated heterocycles. The van der Waals surface area contributed by atoms with Gasteiger partial charge in [0.15, 0.2) is 0 Å². The van der Waals surface area contributed by atoms with Crippen LogP contribution in [0, 0.1) is 0 Å². The number of rotatable bonds is 4. The molecule has 0 rings (SSSR count). The van der Waals surface area contributed by atoms with E-state index >= 15 is 0 Å². The van der Waals surface area contributed by atoms with E-state index < -0.39 is 65.3 Å². The summed E-state index contributed by atoms with van der Waals surface area (Å²) in [4.78, 5) is 20.7. The molecule has 0 aliphatic rings. The topological polar surface area (TPSA) is 104 Å². The number of alkyl halides is 12. The fourth-order valence-corrected chi connectivity index (χ4v) is 1.20. The summed E-state index contributed by atoms with van der Waals surface area (Å²) in [5, 5.41) is 25.0. The average Bonchev–Trinajstić information content (AvgIpc) is 2.50. The van der Waals surface area contributed by atoms with Gasteiger partial charge < -0.3 is 20.1 Å². The molecule has 18 heteroatoms. The molecule has 0 amide bonds. The number of carbonyl (C=O) groups is 2. The van der Waals surface area contributed by atoms with E-state index in [9.17, 15) is 62.3 Å². The molecule has 0 fully saturated rings. The molecule has 0 aromatic heterocycles. The number of carbonyl (C=O) groups excluding carboxylic acids is 1. The van der Waals surface area contributed by atoms with Gasteiger partial charge >= 0.3 is 42.4 Å². The number of ether oxygens (including phenoxy) is 1. The van der Waals surface area contributed by atoms with Crippen molar-refractivity contribution in [3.05, 3.63) is 23.8 Å². The van der Waals surface area contributed by atoms with Gasteiger partial charge in [-0.3, -0.25) is 0 Å². The van der Waals surface area contributed by atoms with E-state index in [0.717, 1.165) is 6.92 Å². The van der Waals surface area contributed by atoms with Crippen molar-refractivity contribution in [2.24, 2.45) is 0 Å². The maximum atomic E-state index is 12.0. The lowest BCUT2D eigenvalue weighted by Gasteiger charge is -2.31. The van der Waals surface area contributed by atoms with Crippen LogP contribution in [-0.2, 0) is 14.3 Å². The van der Waals surface area contributed by atoms with Crippen LogP contribution in [0.1, 0.15) is 13.8 Å². The lowest BCUT2D eigenvalue weighted by Crippen LogP contribution is -2.59. The number of aliphatic carboxylic acids is 1. The van der Waals surface area contributed by atoms with Crippen LogP contribution >= 0.6 is 0 Å². The molecule has 3 N–H and O–H groups in total. The SMILES string of the molecule is C=C(C)C(=O)OC(O)(C(F)(F)F)C(F)(F)F.CC(=CC(O)(C(F)(F)F)C(F)(F)F)C(=O)O. The van der Waals surface area contributed by atoms with Gasteiger partial charge in [0.25, 0.3) is 5.60 Å². The monoisotopic (exact) mass is 504 g/mol. The van der Waals surface area contributed by atoms with E-state index in [1.165, 1.54) is 0 Å². The quantitative estimate of drug-likeness (QED) is 0.233. The third-order valence-electron chi connectivity index (χ3n) is 2.98. The Bertz CT molecular complexity index is 713. The van der Waals surface area contributed by atoms with Gasteiger partial charge in [-0.15, -0.1) is 0 Å². The van der Waals surface area contributed by atoms with Crippen molar-refractivity contribution in [3.63, 3.8) is 0 Å². The molecule has 0 unspecified atom stereocenters. The van der Waals surface area contributed by atoms with E-state index in [0.29, 0.717) is 6.92 Å².